The van der Waals surface area contributed by atoms with Crippen LogP contribution in [0.15, 0.2) is 54.6 Å². The molecule has 200 valence electrons. The highest BCUT2D eigenvalue weighted by molar-refractivity contribution is 6.30. The Morgan fingerprint density at radius 1 is 0.947 bits per heavy atom. The van der Waals surface area contributed by atoms with E-state index in [1.165, 1.54) is 25.7 Å². The highest BCUT2D eigenvalue weighted by Gasteiger charge is 2.29. The zero-order chi connectivity index (χ0) is 26.6. The molecule has 2 fully saturated rings. The van der Waals surface area contributed by atoms with Gasteiger partial charge in [0, 0.05) is 43.3 Å². The van der Waals surface area contributed by atoms with E-state index in [4.69, 9.17) is 16.3 Å². The largest absolute Gasteiger partial charge is 0.495 e. The fourth-order valence-corrected chi connectivity index (χ4v) is 6.02. The van der Waals surface area contributed by atoms with Crippen LogP contribution in [0, 0.1) is 12.8 Å². The summed E-state index contributed by atoms with van der Waals surface area (Å²) in [6, 6.07) is 17.4. The fourth-order valence-electron chi connectivity index (χ4n) is 5.90. The van der Waals surface area contributed by atoms with E-state index in [2.05, 4.69) is 4.57 Å². The van der Waals surface area contributed by atoms with Gasteiger partial charge in [-0.2, -0.15) is 0 Å². The molecule has 0 spiro atoms. The number of para-hydroxylation sites is 2. The number of nitrogens with zero attached hydrogens (tertiary/aromatic N) is 3. The summed E-state index contributed by atoms with van der Waals surface area (Å²) in [6.45, 7) is 4.24. The van der Waals surface area contributed by atoms with Crippen LogP contribution in [0.3, 0.4) is 0 Å². The summed E-state index contributed by atoms with van der Waals surface area (Å²) in [4.78, 5) is 30.4. The zero-order valence-corrected chi connectivity index (χ0v) is 23.0. The Kier molecular flexibility index (Phi) is 8.08. The van der Waals surface area contributed by atoms with E-state index in [1.807, 2.05) is 71.3 Å². The van der Waals surface area contributed by atoms with E-state index in [0.717, 1.165) is 34.8 Å². The molecule has 2 aliphatic rings. The van der Waals surface area contributed by atoms with E-state index in [-0.39, 0.29) is 11.8 Å². The van der Waals surface area contributed by atoms with Gasteiger partial charge in [0.25, 0.3) is 5.91 Å². The van der Waals surface area contributed by atoms with Crippen LogP contribution < -0.4 is 4.74 Å². The molecule has 1 aliphatic heterocycles. The third kappa shape index (κ3) is 5.46. The van der Waals surface area contributed by atoms with Crippen molar-refractivity contribution in [3.63, 3.8) is 0 Å². The summed E-state index contributed by atoms with van der Waals surface area (Å²) in [6.07, 6.45) is 6.77. The minimum Gasteiger partial charge on any atom is -0.495 e. The highest BCUT2D eigenvalue weighted by atomic mass is 35.5. The maximum Gasteiger partial charge on any atom is 0.255 e. The second-order valence-electron chi connectivity index (χ2n) is 10.4. The van der Waals surface area contributed by atoms with Crippen molar-refractivity contribution < 1.29 is 14.3 Å². The molecule has 0 radical (unpaired) electrons. The Morgan fingerprint density at radius 3 is 2.29 bits per heavy atom. The smallest absolute Gasteiger partial charge is 0.255 e. The van der Waals surface area contributed by atoms with Gasteiger partial charge in [-0.05, 0) is 55.2 Å². The van der Waals surface area contributed by atoms with Crippen molar-refractivity contribution in [1.82, 2.24) is 14.4 Å². The van der Waals surface area contributed by atoms with Crippen molar-refractivity contribution in [2.24, 2.45) is 5.92 Å². The molecule has 1 saturated carbocycles. The predicted molar refractivity (Wildman–Crippen MR) is 151 cm³/mol. The number of aromatic nitrogens is 1. The molecule has 2 heterocycles. The monoisotopic (exact) mass is 533 g/mol. The first-order chi connectivity index (χ1) is 18.5. The van der Waals surface area contributed by atoms with Crippen LogP contribution in [0.25, 0.3) is 16.9 Å². The third-order valence-electron chi connectivity index (χ3n) is 8.10. The first kappa shape index (κ1) is 26.4. The molecule has 1 saturated heterocycles. The van der Waals surface area contributed by atoms with Gasteiger partial charge >= 0.3 is 0 Å². The lowest BCUT2D eigenvalue weighted by atomic mass is 10.0. The lowest BCUT2D eigenvalue weighted by Gasteiger charge is -2.35. The number of carbonyl (C=O) groups excluding carboxylic acids is 2. The number of benzene rings is 2. The van der Waals surface area contributed by atoms with Crippen molar-refractivity contribution in [1.29, 1.82) is 0 Å². The van der Waals surface area contributed by atoms with Crippen LogP contribution in [0.2, 0.25) is 5.02 Å². The molecule has 1 aliphatic carbocycles. The Bertz CT molecular complexity index is 1290. The minimum atomic E-state index is -0.00980. The summed E-state index contributed by atoms with van der Waals surface area (Å²) in [5.74, 6) is 1.66. The molecule has 38 heavy (non-hydrogen) atoms. The van der Waals surface area contributed by atoms with Crippen LogP contribution in [-0.4, -0.2) is 59.5 Å². The Balaban J connectivity index is 1.36. The second kappa shape index (κ2) is 11.6. The predicted octanol–water partition coefficient (Wildman–Crippen LogP) is 6.37. The Labute approximate surface area is 230 Å². The van der Waals surface area contributed by atoms with E-state index < -0.39 is 0 Å². The van der Waals surface area contributed by atoms with Crippen molar-refractivity contribution in [3.8, 4) is 22.7 Å². The quantitative estimate of drug-likeness (QED) is 0.354. The minimum absolute atomic E-state index is 0.00980. The molecule has 5 rings (SSSR count). The molecule has 2 aromatic carbocycles. The van der Waals surface area contributed by atoms with Gasteiger partial charge < -0.3 is 19.1 Å². The van der Waals surface area contributed by atoms with Gasteiger partial charge in [-0.3, -0.25) is 9.59 Å². The van der Waals surface area contributed by atoms with Crippen LogP contribution in [0.4, 0.5) is 0 Å². The van der Waals surface area contributed by atoms with Crippen LogP contribution in [0.5, 0.6) is 5.75 Å². The number of hydrogen-bond acceptors (Lipinski definition) is 3. The molecule has 0 unspecified atom stereocenters. The Morgan fingerprint density at radius 2 is 1.61 bits per heavy atom. The summed E-state index contributed by atoms with van der Waals surface area (Å²) in [7, 11) is 1.65. The van der Waals surface area contributed by atoms with Crippen LogP contribution >= 0.6 is 11.6 Å². The molecule has 0 N–H and O–H groups in total. The highest BCUT2D eigenvalue weighted by Crippen LogP contribution is 2.35. The van der Waals surface area contributed by atoms with Gasteiger partial charge in [0.1, 0.15) is 5.75 Å². The SMILES string of the molecule is COc1ccccc1-n1c(-c2ccc(Cl)cc2)cc(C(=O)N2CCN(C(=O)CCC3CCCC3)CC2)c1C. The number of methoxy groups -OCH3 is 1. The van der Waals surface area contributed by atoms with Crippen molar-refractivity contribution in [2.45, 2.75) is 45.4 Å². The standard InChI is InChI=1S/C31H36ClN3O3/c1-22-26(31(37)34-19-17-33(18-20-34)30(36)16-11-23-7-3-4-8-23)21-28(24-12-14-25(32)15-13-24)35(22)27-9-5-6-10-29(27)38-2/h5-6,9-10,12-15,21,23H,3-4,7-8,11,16-20H2,1-2H3. The van der Waals surface area contributed by atoms with E-state index >= 15 is 0 Å². The molecular weight excluding hydrogens is 498 g/mol. The van der Waals surface area contributed by atoms with E-state index in [0.29, 0.717) is 49.1 Å². The Hall–Kier alpha value is -3.25. The average Bonchev–Trinajstić information content (AvgIpc) is 3.59. The van der Waals surface area contributed by atoms with Gasteiger partial charge in [0.2, 0.25) is 5.91 Å². The number of hydrogen-bond donors (Lipinski definition) is 0. The lowest BCUT2D eigenvalue weighted by molar-refractivity contribution is -0.133. The molecule has 7 heteroatoms. The normalized spacial score (nSPS) is 16.2. The van der Waals surface area contributed by atoms with Crippen molar-refractivity contribution >= 4 is 23.4 Å². The fraction of sp³-hybridized carbons (Fsp3) is 0.419. The zero-order valence-electron chi connectivity index (χ0n) is 22.3. The summed E-state index contributed by atoms with van der Waals surface area (Å²) in [5.41, 5.74) is 4.23. The maximum absolute atomic E-state index is 13.8. The van der Waals surface area contributed by atoms with Gasteiger partial charge in [-0.1, -0.05) is 61.5 Å². The van der Waals surface area contributed by atoms with E-state index in [9.17, 15) is 9.59 Å². The first-order valence-corrected chi connectivity index (χ1v) is 14.0. The first-order valence-electron chi connectivity index (χ1n) is 13.6. The lowest BCUT2D eigenvalue weighted by Crippen LogP contribution is -2.50. The van der Waals surface area contributed by atoms with Gasteiger partial charge in [-0.25, -0.2) is 0 Å². The number of ether oxygens (including phenoxy) is 1. The number of amides is 2. The molecule has 3 aromatic rings. The molecule has 6 nitrogen and oxygen atoms in total. The van der Waals surface area contributed by atoms with Crippen LogP contribution in [0.1, 0.15) is 54.6 Å². The third-order valence-corrected chi connectivity index (χ3v) is 8.36. The summed E-state index contributed by atoms with van der Waals surface area (Å²) < 4.78 is 7.74. The average molecular weight is 534 g/mol. The second-order valence-corrected chi connectivity index (χ2v) is 10.8. The molecule has 0 bridgehead atoms. The topological polar surface area (TPSA) is 54.8 Å². The summed E-state index contributed by atoms with van der Waals surface area (Å²) >= 11 is 6.16. The number of halogens is 1. The van der Waals surface area contributed by atoms with Gasteiger partial charge in [0.05, 0.1) is 24.1 Å². The number of carbonyl (C=O) groups is 2. The van der Waals surface area contributed by atoms with Crippen LogP contribution in [-0.2, 0) is 4.79 Å². The number of piperazine rings is 1. The van der Waals surface area contributed by atoms with E-state index in [1.54, 1.807) is 7.11 Å². The van der Waals surface area contributed by atoms with Gasteiger partial charge in [0.15, 0.2) is 0 Å². The molecule has 2 amide bonds. The molecule has 0 atom stereocenters. The molecule has 1 aromatic heterocycles. The van der Waals surface area contributed by atoms with Crippen molar-refractivity contribution in [3.05, 3.63) is 70.9 Å². The van der Waals surface area contributed by atoms with Crippen molar-refractivity contribution in [2.75, 3.05) is 33.3 Å². The molecular formula is C31H36ClN3O3. The maximum atomic E-state index is 13.8. The number of rotatable bonds is 7. The summed E-state index contributed by atoms with van der Waals surface area (Å²) in [5, 5.41) is 0.660. The van der Waals surface area contributed by atoms with Gasteiger partial charge in [-0.15, -0.1) is 0 Å².